The Balaban J connectivity index is 1.54. The summed E-state index contributed by atoms with van der Waals surface area (Å²) in [5.74, 6) is 1.09. The first-order valence-corrected chi connectivity index (χ1v) is 12.5. The Morgan fingerprint density at radius 3 is 2.77 bits per heavy atom. The van der Waals surface area contributed by atoms with Crippen LogP contribution in [0, 0.1) is 6.92 Å². The van der Waals surface area contributed by atoms with Crippen LogP contribution in [-0.2, 0) is 23.9 Å². The van der Waals surface area contributed by atoms with E-state index in [0.717, 1.165) is 45.5 Å². The number of rotatable bonds is 11. The minimum absolute atomic E-state index is 0.0303. The van der Waals surface area contributed by atoms with Gasteiger partial charge in [0.05, 0.1) is 17.9 Å². The van der Waals surface area contributed by atoms with Crippen molar-refractivity contribution >= 4 is 39.3 Å². The van der Waals surface area contributed by atoms with Gasteiger partial charge in [0.15, 0.2) is 5.16 Å². The van der Waals surface area contributed by atoms with Crippen LogP contribution in [0.1, 0.15) is 23.4 Å². The monoisotopic (exact) mass is 568 g/mol. The van der Waals surface area contributed by atoms with E-state index in [4.69, 9.17) is 4.74 Å². The van der Waals surface area contributed by atoms with E-state index < -0.39 is 17.6 Å². The quantitative estimate of drug-likeness (QED) is 0.167. The van der Waals surface area contributed by atoms with E-state index in [2.05, 4.69) is 38.0 Å². The number of hydrogen-bond donors (Lipinski definition) is 1. The summed E-state index contributed by atoms with van der Waals surface area (Å²) in [7, 11) is 0. The van der Waals surface area contributed by atoms with Gasteiger partial charge in [0.1, 0.15) is 11.6 Å². The van der Waals surface area contributed by atoms with Crippen LogP contribution < -0.4 is 10.1 Å². The minimum Gasteiger partial charge on any atom is -0.493 e. The molecule has 11 heteroatoms. The molecule has 35 heavy (non-hydrogen) atoms. The van der Waals surface area contributed by atoms with E-state index in [1.165, 1.54) is 12.1 Å². The predicted octanol–water partition coefficient (Wildman–Crippen LogP) is 6.30. The Bertz CT molecular complexity index is 1180. The average Bonchev–Trinajstić information content (AvgIpc) is 3.18. The smallest absolute Gasteiger partial charge is 0.416 e. The van der Waals surface area contributed by atoms with E-state index in [9.17, 15) is 18.0 Å². The third-order valence-electron chi connectivity index (χ3n) is 4.85. The highest BCUT2D eigenvalue weighted by molar-refractivity contribution is 9.10. The molecule has 0 aliphatic carbocycles. The number of thioether (sulfide) groups is 1. The second-order valence-corrected chi connectivity index (χ2v) is 9.43. The zero-order valence-electron chi connectivity index (χ0n) is 18.9. The van der Waals surface area contributed by atoms with Crippen LogP contribution in [-0.4, -0.2) is 33.0 Å². The van der Waals surface area contributed by atoms with Gasteiger partial charge >= 0.3 is 6.18 Å². The zero-order valence-corrected chi connectivity index (χ0v) is 21.3. The molecule has 0 atom stereocenters. The van der Waals surface area contributed by atoms with Crippen molar-refractivity contribution in [3.63, 3.8) is 0 Å². The largest absolute Gasteiger partial charge is 0.493 e. The molecule has 1 N–H and O–H groups in total. The maximum atomic E-state index is 12.9. The number of hydrogen-bond acceptors (Lipinski definition) is 5. The fraction of sp³-hybridized carbons (Fsp3) is 0.292. The number of nitrogens with zero attached hydrogens (tertiary/aromatic N) is 3. The fourth-order valence-corrected chi connectivity index (χ4v) is 4.45. The maximum absolute atomic E-state index is 12.9. The Labute approximate surface area is 214 Å². The number of carbonyl (C=O) groups is 1. The molecule has 0 saturated carbocycles. The van der Waals surface area contributed by atoms with E-state index in [0.29, 0.717) is 31.1 Å². The number of carbonyl (C=O) groups excluding carboxylic acids is 1. The van der Waals surface area contributed by atoms with Gasteiger partial charge in [-0.05, 0) is 55.3 Å². The highest BCUT2D eigenvalue weighted by atomic mass is 79.9. The van der Waals surface area contributed by atoms with Gasteiger partial charge in [0.2, 0.25) is 5.91 Å². The van der Waals surface area contributed by atoms with Crippen LogP contribution in [0.4, 0.5) is 18.9 Å². The van der Waals surface area contributed by atoms with Crippen molar-refractivity contribution in [2.45, 2.75) is 37.6 Å². The summed E-state index contributed by atoms with van der Waals surface area (Å²) in [6.07, 6.45) is -1.44. The standard InChI is InChI=1S/C24H24BrF3N4O2S/c1-3-11-32-21(8-5-12-34-20-10-9-18(25)13-16(20)2)30-31-23(32)35-15-22(33)29-19-7-4-6-17(14-19)24(26,27)28/h3-4,6-7,9-10,13-14H,1,5,8,11-12,15H2,2H3,(H,29,33). The van der Waals surface area contributed by atoms with Crippen molar-refractivity contribution in [3.8, 4) is 5.75 Å². The van der Waals surface area contributed by atoms with Crippen LogP contribution >= 0.6 is 27.7 Å². The Morgan fingerprint density at radius 2 is 2.06 bits per heavy atom. The number of ether oxygens (including phenoxy) is 1. The van der Waals surface area contributed by atoms with Crippen LogP contribution in [0.2, 0.25) is 0 Å². The lowest BCUT2D eigenvalue weighted by Gasteiger charge is -2.11. The molecule has 186 valence electrons. The lowest BCUT2D eigenvalue weighted by Crippen LogP contribution is -2.15. The van der Waals surface area contributed by atoms with Gasteiger partial charge in [-0.3, -0.25) is 4.79 Å². The number of benzene rings is 2. The lowest BCUT2D eigenvalue weighted by atomic mass is 10.2. The highest BCUT2D eigenvalue weighted by Crippen LogP contribution is 2.30. The van der Waals surface area contributed by atoms with Crippen LogP contribution in [0.15, 0.2) is 64.7 Å². The van der Waals surface area contributed by atoms with Crippen LogP contribution in [0.3, 0.4) is 0 Å². The fourth-order valence-electron chi connectivity index (χ4n) is 3.21. The number of halogens is 4. The second-order valence-electron chi connectivity index (χ2n) is 7.58. The van der Waals surface area contributed by atoms with Crippen molar-refractivity contribution in [1.29, 1.82) is 0 Å². The molecule has 2 aromatic carbocycles. The number of aromatic nitrogens is 3. The van der Waals surface area contributed by atoms with E-state index in [1.807, 2.05) is 29.7 Å². The number of nitrogens with one attached hydrogen (secondary N) is 1. The van der Waals surface area contributed by atoms with Crippen LogP contribution in [0.5, 0.6) is 5.75 Å². The lowest BCUT2D eigenvalue weighted by molar-refractivity contribution is -0.137. The molecule has 0 fully saturated rings. The molecule has 0 unspecified atom stereocenters. The topological polar surface area (TPSA) is 69.0 Å². The number of allylic oxidation sites excluding steroid dienone is 1. The molecule has 0 aliphatic heterocycles. The molecule has 0 spiro atoms. The van der Waals surface area contributed by atoms with E-state index in [1.54, 1.807) is 6.08 Å². The Morgan fingerprint density at radius 1 is 1.26 bits per heavy atom. The normalized spacial score (nSPS) is 11.3. The molecule has 1 amide bonds. The zero-order chi connectivity index (χ0) is 25.4. The molecule has 0 radical (unpaired) electrons. The summed E-state index contributed by atoms with van der Waals surface area (Å²) in [4.78, 5) is 12.3. The Kier molecular flexibility index (Phi) is 9.39. The molecule has 3 aromatic rings. The molecule has 6 nitrogen and oxygen atoms in total. The molecular formula is C24H24BrF3N4O2S. The first-order valence-electron chi connectivity index (χ1n) is 10.7. The number of amides is 1. The number of anilines is 1. The molecule has 0 bridgehead atoms. The summed E-state index contributed by atoms with van der Waals surface area (Å²) in [5.41, 5.74) is 0.300. The summed E-state index contributed by atoms with van der Waals surface area (Å²) in [5, 5.41) is 11.4. The van der Waals surface area contributed by atoms with Gasteiger partial charge < -0.3 is 14.6 Å². The summed E-state index contributed by atoms with van der Waals surface area (Å²) in [6.45, 7) is 6.71. The SMILES string of the molecule is C=CCn1c(CCCOc2ccc(Br)cc2C)nnc1SCC(=O)Nc1cccc(C(F)(F)F)c1. The van der Waals surface area contributed by atoms with E-state index in [-0.39, 0.29) is 11.4 Å². The maximum Gasteiger partial charge on any atom is 0.416 e. The molecule has 3 rings (SSSR count). The molecule has 1 aromatic heterocycles. The molecular weight excluding hydrogens is 545 g/mol. The minimum atomic E-state index is -4.48. The predicted molar refractivity (Wildman–Crippen MR) is 134 cm³/mol. The first kappa shape index (κ1) is 26.8. The highest BCUT2D eigenvalue weighted by Gasteiger charge is 2.30. The number of alkyl halides is 3. The van der Waals surface area contributed by atoms with Gasteiger partial charge in [0, 0.05) is 23.1 Å². The van der Waals surface area contributed by atoms with Gasteiger partial charge in [-0.25, -0.2) is 0 Å². The van der Waals surface area contributed by atoms with Gasteiger partial charge in [0.25, 0.3) is 0 Å². The summed E-state index contributed by atoms with van der Waals surface area (Å²) >= 11 is 4.59. The van der Waals surface area contributed by atoms with Crippen molar-refractivity contribution in [3.05, 3.63) is 76.5 Å². The summed E-state index contributed by atoms with van der Waals surface area (Å²) < 4.78 is 47.3. The van der Waals surface area contributed by atoms with Crippen molar-refractivity contribution in [2.75, 3.05) is 17.7 Å². The van der Waals surface area contributed by atoms with Crippen molar-refractivity contribution in [1.82, 2.24) is 14.8 Å². The van der Waals surface area contributed by atoms with Crippen LogP contribution in [0.25, 0.3) is 0 Å². The molecule has 0 saturated heterocycles. The average molecular weight is 569 g/mol. The van der Waals surface area contributed by atoms with E-state index >= 15 is 0 Å². The number of aryl methyl sites for hydroxylation is 2. The Hall–Kier alpha value is -2.79. The van der Waals surface area contributed by atoms with Crippen molar-refractivity contribution < 1.29 is 22.7 Å². The van der Waals surface area contributed by atoms with Crippen molar-refractivity contribution in [2.24, 2.45) is 0 Å². The summed E-state index contributed by atoms with van der Waals surface area (Å²) in [6, 6.07) is 10.3. The molecule has 1 heterocycles. The third kappa shape index (κ3) is 7.86. The van der Waals surface area contributed by atoms with Gasteiger partial charge in [-0.2, -0.15) is 13.2 Å². The first-order chi connectivity index (χ1) is 16.7. The third-order valence-corrected chi connectivity index (χ3v) is 6.31. The second kappa shape index (κ2) is 12.3. The van der Waals surface area contributed by atoms with Gasteiger partial charge in [-0.1, -0.05) is 39.8 Å². The van der Waals surface area contributed by atoms with Gasteiger partial charge in [-0.15, -0.1) is 16.8 Å². The molecule has 0 aliphatic rings.